The number of nitrogens with zero attached hydrogens (tertiary/aromatic N) is 3. The number of aromatic nitrogens is 2. The van der Waals surface area contributed by atoms with Gasteiger partial charge in [0.15, 0.2) is 5.69 Å². The van der Waals surface area contributed by atoms with Crippen molar-refractivity contribution < 1.29 is 9.53 Å². The number of esters is 1. The first kappa shape index (κ1) is 18.6. The summed E-state index contributed by atoms with van der Waals surface area (Å²) >= 11 is 6.06. The maximum Gasteiger partial charge on any atom is 0.359 e. The smallest absolute Gasteiger partial charge is 0.359 e. The fraction of sp³-hybridized carbons (Fsp3) is 0.273. The lowest BCUT2D eigenvalue weighted by Crippen LogP contribution is -2.13. The molecule has 0 bridgehead atoms. The molecular weight excluding hydrogens is 374 g/mol. The van der Waals surface area contributed by atoms with E-state index in [1.807, 2.05) is 43.0 Å². The van der Waals surface area contributed by atoms with Gasteiger partial charge in [-0.25, -0.2) is 9.48 Å². The van der Waals surface area contributed by atoms with Crippen LogP contribution in [0.2, 0.25) is 5.02 Å². The highest BCUT2D eigenvalue weighted by atomic mass is 35.5. The van der Waals surface area contributed by atoms with E-state index >= 15 is 0 Å². The van der Waals surface area contributed by atoms with Gasteiger partial charge in [0.05, 0.1) is 18.0 Å². The number of aryl methyl sites for hydroxylation is 1. The molecule has 4 rings (SSSR count). The van der Waals surface area contributed by atoms with Crippen LogP contribution in [0, 0.1) is 0 Å². The first-order chi connectivity index (χ1) is 13.5. The second-order valence-electron chi connectivity index (χ2n) is 7.02. The van der Waals surface area contributed by atoms with Crippen LogP contribution in [0.4, 0.5) is 5.69 Å². The summed E-state index contributed by atoms with van der Waals surface area (Å²) < 4.78 is 7.10. The van der Waals surface area contributed by atoms with Crippen molar-refractivity contribution in [3.8, 4) is 16.9 Å². The zero-order valence-electron chi connectivity index (χ0n) is 16.2. The Bertz CT molecular complexity index is 1040. The first-order valence-electron chi connectivity index (χ1n) is 9.35. The van der Waals surface area contributed by atoms with Crippen LogP contribution >= 0.6 is 11.6 Å². The number of hydrogen-bond donors (Lipinski definition) is 0. The topological polar surface area (TPSA) is 47.4 Å². The molecule has 144 valence electrons. The summed E-state index contributed by atoms with van der Waals surface area (Å²) in [5, 5.41) is 5.31. The molecule has 0 saturated heterocycles. The van der Waals surface area contributed by atoms with Crippen molar-refractivity contribution in [3.05, 3.63) is 64.3 Å². The van der Waals surface area contributed by atoms with Crippen molar-refractivity contribution in [1.29, 1.82) is 0 Å². The van der Waals surface area contributed by atoms with Gasteiger partial charge in [-0.2, -0.15) is 5.10 Å². The molecule has 1 aliphatic rings. The summed E-state index contributed by atoms with van der Waals surface area (Å²) in [7, 11) is 4.07. The predicted molar refractivity (Wildman–Crippen MR) is 112 cm³/mol. The zero-order valence-corrected chi connectivity index (χ0v) is 17.0. The molecule has 0 spiro atoms. The van der Waals surface area contributed by atoms with Crippen molar-refractivity contribution in [1.82, 2.24) is 9.78 Å². The number of ether oxygens (including phenoxy) is 1. The molecule has 0 unspecified atom stereocenters. The fourth-order valence-corrected chi connectivity index (χ4v) is 3.78. The Labute approximate surface area is 169 Å². The van der Waals surface area contributed by atoms with E-state index in [1.165, 1.54) is 5.56 Å². The average Bonchev–Trinajstić information content (AvgIpc) is 3.08. The van der Waals surface area contributed by atoms with E-state index in [1.54, 1.807) is 6.92 Å². The number of fused-ring (bicyclic) bond motifs is 3. The highest BCUT2D eigenvalue weighted by Crippen LogP contribution is 2.38. The second-order valence-corrected chi connectivity index (χ2v) is 7.46. The zero-order chi connectivity index (χ0) is 19.8. The lowest BCUT2D eigenvalue weighted by atomic mass is 9.88. The number of carbonyl (C=O) groups is 1. The molecule has 0 N–H and O–H groups in total. The Morgan fingerprint density at radius 2 is 1.93 bits per heavy atom. The lowest BCUT2D eigenvalue weighted by Gasteiger charge is -2.21. The first-order valence-corrected chi connectivity index (χ1v) is 9.73. The van der Waals surface area contributed by atoms with Crippen LogP contribution < -0.4 is 4.90 Å². The van der Waals surface area contributed by atoms with Gasteiger partial charge in [-0.15, -0.1) is 0 Å². The number of anilines is 1. The van der Waals surface area contributed by atoms with E-state index in [-0.39, 0.29) is 5.97 Å². The normalized spacial score (nSPS) is 12.3. The lowest BCUT2D eigenvalue weighted by molar-refractivity contribution is 0.0517. The number of hydrogen-bond acceptors (Lipinski definition) is 4. The fourth-order valence-electron chi connectivity index (χ4n) is 3.65. The van der Waals surface area contributed by atoms with Gasteiger partial charge in [0.1, 0.15) is 0 Å². The minimum Gasteiger partial charge on any atom is -0.461 e. The second kappa shape index (κ2) is 7.32. The molecule has 1 aromatic heterocycles. The molecule has 1 heterocycles. The summed E-state index contributed by atoms with van der Waals surface area (Å²) in [6.45, 7) is 2.13. The highest BCUT2D eigenvalue weighted by molar-refractivity contribution is 6.30. The van der Waals surface area contributed by atoms with E-state index in [0.717, 1.165) is 41.0 Å². The molecule has 0 radical (unpaired) electrons. The number of carbonyl (C=O) groups excluding carboxylic acids is 1. The van der Waals surface area contributed by atoms with Crippen molar-refractivity contribution in [2.45, 2.75) is 19.8 Å². The predicted octanol–water partition coefficient (Wildman–Crippen LogP) is 4.53. The van der Waals surface area contributed by atoms with Gasteiger partial charge in [0, 0.05) is 35.9 Å². The van der Waals surface area contributed by atoms with Crippen molar-refractivity contribution in [3.63, 3.8) is 0 Å². The molecule has 28 heavy (non-hydrogen) atoms. The molecular formula is C22H22ClN3O2. The monoisotopic (exact) mass is 395 g/mol. The van der Waals surface area contributed by atoms with Gasteiger partial charge >= 0.3 is 5.97 Å². The van der Waals surface area contributed by atoms with Crippen molar-refractivity contribution in [2.75, 3.05) is 25.6 Å². The van der Waals surface area contributed by atoms with Crippen molar-refractivity contribution in [2.24, 2.45) is 0 Å². The number of rotatable bonds is 4. The molecule has 5 nitrogen and oxygen atoms in total. The molecule has 0 aliphatic heterocycles. The Morgan fingerprint density at radius 1 is 1.18 bits per heavy atom. The van der Waals surface area contributed by atoms with E-state index in [2.05, 4.69) is 28.2 Å². The standard InChI is InChI=1S/C22H22ClN3O2/c1-4-28-22(27)20-19-11-5-14-13-17(25(2)3)10-12-18(14)21(19)26(24-20)16-8-6-15(23)7-9-16/h6-10,12-13H,4-5,11H2,1-3H3. The summed E-state index contributed by atoms with van der Waals surface area (Å²) in [4.78, 5) is 14.6. The van der Waals surface area contributed by atoms with Crippen LogP contribution in [0.15, 0.2) is 42.5 Å². The van der Waals surface area contributed by atoms with E-state index in [9.17, 15) is 4.79 Å². The molecule has 0 saturated carbocycles. The maximum absolute atomic E-state index is 12.5. The van der Waals surface area contributed by atoms with Crippen LogP contribution in [0.3, 0.4) is 0 Å². The Balaban J connectivity index is 1.93. The summed E-state index contributed by atoms with van der Waals surface area (Å²) in [5.74, 6) is -0.375. The largest absolute Gasteiger partial charge is 0.461 e. The Morgan fingerprint density at radius 3 is 2.61 bits per heavy atom. The van der Waals surface area contributed by atoms with Crippen LogP contribution in [0.1, 0.15) is 28.5 Å². The van der Waals surface area contributed by atoms with Crippen molar-refractivity contribution >= 4 is 23.3 Å². The minimum atomic E-state index is -0.375. The van der Waals surface area contributed by atoms with Crippen LogP contribution in [0.25, 0.3) is 16.9 Å². The van der Waals surface area contributed by atoms with E-state index in [4.69, 9.17) is 16.3 Å². The Kier molecular flexibility index (Phi) is 4.85. The van der Waals surface area contributed by atoms with E-state index < -0.39 is 0 Å². The number of benzene rings is 2. The maximum atomic E-state index is 12.5. The molecule has 0 atom stereocenters. The summed E-state index contributed by atoms with van der Waals surface area (Å²) in [6, 6.07) is 13.9. The SMILES string of the molecule is CCOC(=O)c1nn(-c2ccc(Cl)cc2)c2c1CCc1cc(N(C)C)ccc1-2. The highest BCUT2D eigenvalue weighted by Gasteiger charge is 2.29. The summed E-state index contributed by atoms with van der Waals surface area (Å²) in [6.07, 6.45) is 1.61. The van der Waals surface area contributed by atoms with E-state index in [0.29, 0.717) is 17.3 Å². The summed E-state index contributed by atoms with van der Waals surface area (Å²) in [5.41, 5.74) is 6.67. The average molecular weight is 396 g/mol. The number of halogens is 1. The Hall–Kier alpha value is -2.79. The molecule has 2 aromatic carbocycles. The van der Waals surface area contributed by atoms with Crippen LogP contribution in [-0.2, 0) is 17.6 Å². The molecule has 0 fully saturated rings. The molecule has 0 amide bonds. The van der Waals surface area contributed by atoms with Gasteiger partial charge < -0.3 is 9.64 Å². The van der Waals surface area contributed by atoms with Crippen LogP contribution in [-0.4, -0.2) is 36.5 Å². The van der Waals surface area contributed by atoms with Gasteiger partial charge in [0.2, 0.25) is 0 Å². The van der Waals surface area contributed by atoms with Gasteiger partial charge in [-0.1, -0.05) is 17.7 Å². The quantitative estimate of drug-likeness (QED) is 0.609. The van der Waals surface area contributed by atoms with Gasteiger partial charge in [-0.3, -0.25) is 0 Å². The third kappa shape index (κ3) is 3.16. The molecule has 3 aromatic rings. The molecule has 6 heteroatoms. The third-order valence-corrected chi connectivity index (χ3v) is 5.28. The minimum absolute atomic E-state index is 0.324. The third-order valence-electron chi connectivity index (χ3n) is 5.03. The van der Waals surface area contributed by atoms with Gasteiger partial charge in [-0.05, 0) is 61.7 Å². The van der Waals surface area contributed by atoms with Gasteiger partial charge in [0.25, 0.3) is 0 Å². The van der Waals surface area contributed by atoms with Crippen LogP contribution in [0.5, 0.6) is 0 Å². The molecule has 1 aliphatic carbocycles.